The van der Waals surface area contributed by atoms with Crippen LogP contribution in [0, 0.1) is 0 Å². The standard InChI is InChI=1S/C9H7NO2/c10-7-2-3-8-6(5-7)1-4-9(11)12-8/h1-5H,10H2/p+1. The van der Waals surface area contributed by atoms with Crippen LogP contribution < -0.4 is 11.4 Å². The molecular weight excluding hydrogens is 154 g/mol. The molecule has 2 aromatic rings. The molecule has 12 heavy (non-hydrogen) atoms. The van der Waals surface area contributed by atoms with Crippen LogP contribution in [0.25, 0.3) is 11.0 Å². The van der Waals surface area contributed by atoms with Crippen LogP contribution in [0.1, 0.15) is 0 Å². The Bertz CT molecular complexity index is 473. The molecule has 0 saturated carbocycles. The molecule has 0 aliphatic carbocycles. The van der Waals surface area contributed by atoms with Gasteiger partial charge in [0.2, 0.25) is 0 Å². The van der Waals surface area contributed by atoms with E-state index in [1.807, 2.05) is 12.1 Å². The van der Waals surface area contributed by atoms with Crippen molar-refractivity contribution in [1.82, 2.24) is 0 Å². The summed E-state index contributed by atoms with van der Waals surface area (Å²) in [4.78, 5) is 10.8. The third kappa shape index (κ3) is 1.10. The zero-order chi connectivity index (χ0) is 8.55. The highest BCUT2D eigenvalue weighted by Crippen LogP contribution is 2.13. The van der Waals surface area contributed by atoms with E-state index in [4.69, 9.17) is 4.42 Å². The Balaban J connectivity index is 2.87. The van der Waals surface area contributed by atoms with Gasteiger partial charge in [-0.05, 0) is 12.1 Å². The van der Waals surface area contributed by atoms with Crippen LogP contribution in [0.4, 0.5) is 5.69 Å². The molecule has 0 bridgehead atoms. The van der Waals surface area contributed by atoms with Crippen LogP contribution in [-0.4, -0.2) is 0 Å². The minimum absolute atomic E-state index is 0.320. The third-order valence-corrected chi connectivity index (χ3v) is 1.68. The number of rotatable bonds is 0. The van der Waals surface area contributed by atoms with E-state index in [1.54, 1.807) is 12.1 Å². The first kappa shape index (κ1) is 7.06. The minimum atomic E-state index is -0.320. The molecule has 3 N–H and O–H groups in total. The van der Waals surface area contributed by atoms with Gasteiger partial charge in [-0.1, -0.05) is 0 Å². The van der Waals surface area contributed by atoms with E-state index < -0.39 is 0 Å². The quantitative estimate of drug-likeness (QED) is 0.578. The van der Waals surface area contributed by atoms with Gasteiger partial charge in [0.1, 0.15) is 11.3 Å². The van der Waals surface area contributed by atoms with Gasteiger partial charge in [0, 0.05) is 23.6 Å². The fourth-order valence-corrected chi connectivity index (χ4v) is 1.12. The monoisotopic (exact) mass is 162 g/mol. The number of hydrogen-bond acceptors (Lipinski definition) is 2. The van der Waals surface area contributed by atoms with Gasteiger partial charge >= 0.3 is 5.63 Å². The zero-order valence-electron chi connectivity index (χ0n) is 6.41. The maximum atomic E-state index is 10.8. The van der Waals surface area contributed by atoms with Crippen molar-refractivity contribution in [2.75, 3.05) is 0 Å². The Labute approximate surface area is 68.4 Å². The summed E-state index contributed by atoms with van der Waals surface area (Å²) in [6.45, 7) is 0. The molecular formula is C9H8NO2+. The molecule has 1 aromatic carbocycles. The Morgan fingerprint density at radius 3 is 2.83 bits per heavy atom. The van der Waals surface area contributed by atoms with Crippen LogP contribution in [0.2, 0.25) is 0 Å². The molecule has 1 heterocycles. The van der Waals surface area contributed by atoms with Gasteiger partial charge in [-0.2, -0.15) is 0 Å². The van der Waals surface area contributed by atoms with Crippen molar-refractivity contribution in [3.63, 3.8) is 0 Å². The minimum Gasteiger partial charge on any atom is -0.423 e. The molecule has 1 aromatic heterocycles. The topological polar surface area (TPSA) is 57.9 Å². The predicted octanol–water partition coefficient (Wildman–Crippen LogP) is 0.666. The molecule has 2 rings (SSSR count). The second-order valence-corrected chi connectivity index (χ2v) is 2.63. The predicted molar refractivity (Wildman–Crippen MR) is 45.0 cm³/mol. The first-order chi connectivity index (χ1) is 5.75. The van der Waals surface area contributed by atoms with Crippen LogP contribution >= 0.6 is 0 Å². The average molecular weight is 162 g/mol. The second kappa shape index (κ2) is 2.46. The molecule has 0 aliphatic rings. The molecule has 0 spiro atoms. The summed E-state index contributed by atoms with van der Waals surface area (Å²) in [6.07, 6.45) is 0. The van der Waals surface area contributed by atoms with Gasteiger partial charge in [-0.15, -0.1) is 0 Å². The summed E-state index contributed by atoms with van der Waals surface area (Å²) >= 11 is 0. The maximum Gasteiger partial charge on any atom is 0.336 e. The van der Waals surface area contributed by atoms with Crippen LogP contribution in [0.3, 0.4) is 0 Å². The molecule has 0 aliphatic heterocycles. The fourth-order valence-electron chi connectivity index (χ4n) is 1.12. The highest BCUT2D eigenvalue weighted by atomic mass is 16.4. The lowest BCUT2D eigenvalue weighted by Gasteiger charge is -1.93. The van der Waals surface area contributed by atoms with E-state index in [-0.39, 0.29) is 5.63 Å². The molecule has 0 fully saturated rings. The number of hydrogen-bond donors (Lipinski definition) is 1. The number of benzene rings is 1. The molecule has 0 saturated heterocycles. The molecule has 0 radical (unpaired) electrons. The van der Waals surface area contributed by atoms with Gasteiger partial charge in [0.05, 0.1) is 0 Å². The molecule has 0 amide bonds. The molecule has 3 nitrogen and oxygen atoms in total. The maximum absolute atomic E-state index is 10.8. The normalized spacial score (nSPS) is 10.4. The van der Waals surface area contributed by atoms with E-state index in [9.17, 15) is 4.79 Å². The first-order valence-electron chi connectivity index (χ1n) is 3.61. The molecule has 0 unspecified atom stereocenters. The highest BCUT2D eigenvalue weighted by Gasteiger charge is 1.97. The van der Waals surface area contributed by atoms with Gasteiger partial charge in [-0.3, -0.25) is 0 Å². The number of quaternary nitrogens is 1. The summed E-state index contributed by atoms with van der Waals surface area (Å²) in [7, 11) is 0. The van der Waals surface area contributed by atoms with E-state index in [2.05, 4.69) is 5.73 Å². The Kier molecular flexibility index (Phi) is 1.45. The first-order valence-corrected chi connectivity index (χ1v) is 3.61. The van der Waals surface area contributed by atoms with E-state index >= 15 is 0 Å². The van der Waals surface area contributed by atoms with Gasteiger partial charge in [0.15, 0.2) is 0 Å². The van der Waals surface area contributed by atoms with Crippen LogP contribution in [-0.2, 0) is 0 Å². The third-order valence-electron chi connectivity index (χ3n) is 1.68. The smallest absolute Gasteiger partial charge is 0.336 e. The largest absolute Gasteiger partial charge is 0.423 e. The van der Waals surface area contributed by atoms with Crippen molar-refractivity contribution in [2.45, 2.75) is 0 Å². The summed E-state index contributed by atoms with van der Waals surface area (Å²) in [5.74, 6) is 0. The van der Waals surface area contributed by atoms with Crippen molar-refractivity contribution >= 4 is 16.7 Å². The fraction of sp³-hybridized carbons (Fsp3) is 0. The van der Waals surface area contributed by atoms with Gasteiger partial charge < -0.3 is 10.2 Å². The van der Waals surface area contributed by atoms with E-state index in [1.165, 1.54) is 6.07 Å². The summed E-state index contributed by atoms with van der Waals surface area (Å²) < 4.78 is 4.93. The Morgan fingerprint density at radius 2 is 2.00 bits per heavy atom. The van der Waals surface area contributed by atoms with Crippen molar-refractivity contribution in [3.8, 4) is 0 Å². The summed E-state index contributed by atoms with van der Waals surface area (Å²) in [5.41, 5.74) is 4.97. The van der Waals surface area contributed by atoms with E-state index in [0.717, 1.165) is 11.1 Å². The Morgan fingerprint density at radius 1 is 1.17 bits per heavy atom. The van der Waals surface area contributed by atoms with E-state index in [0.29, 0.717) is 5.58 Å². The molecule has 0 atom stereocenters. The van der Waals surface area contributed by atoms with Crippen LogP contribution in [0.15, 0.2) is 39.5 Å². The summed E-state index contributed by atoms with van der Waals surface area (Å²) in [5, 5.41) is 0.905. The van der Waals surface area contributed by atoms with Crippen molar-refractivity contribution in [1.29, 1.82) is 0 Å². The van der Waals surface area contributed by atoms with Crippen molar-refractivity contribution < 1.29 is 10.2 Å². The van der Waals surface area contributed by atoms with Gasteiger partial charge in [0.25, 0.3) is 0 Å². The van der Waals surface area contributed by atoms with Crippen molar-refractivity contribution in [3.05, 3.63) is 40.8 Å². The zero-order valence-corrected chi connectivity index (χ0v) is 6.41. The Hall–Kier alpha value is -1.61. The van der Waals surface area contributed by atoms with Crippen LogP contribution in [0.5, 0.6) is 0 Å². The average Bonchev–Trinajstić information content (AvgIpc) is 2.05. The summed E-state index contributed by atoms with van der Waals surface area (Å²) in [6, 6.07) is 8.57. The van der Waals surface area contributed by atoms with Gasteiger partial charge in [-0.25, -0.2) is 4.79 Å². The number of fused-ring (bicyclic) bond motifs is 1. The highest BCUT2D eigenvalue weighted by molar-refractivity contribution is 5.78. The van der Waals surface area contributed by atoms with Crippen molar-refractivity contribution in [2.24, 2.45) is 0 Å². The lowest BCUT2D eigenvalue weighted by molar-refractivity contribution is -0.254. The lowest BCUT2D eigenvalue weighted by atomic mass is 10.2. The second-order valence-electron chi connectivity index (χ2n) is 2.63. The molecule has 3 heteroatoms. The molecule has 60 valence electrons. The SMILES string of the molecule is [NH3+]c1ccc2oc(=O)ccc2c1. The lowest BCUT2D eigenvalue weighted by Crippen LogP contribution is -2.39.